The van der Waals surface area contributed by atoms with Crippen LogP contribution in [0.3, 0.4) is 0 Å². The zero-order valence-corrected chi connectivity index (χ0v) is 15.9. The second kappa shape index (κ2) is 7.74. The van der Waals surface area contributed by atoms with Crippen molar-refractivity contribution in [3.63, 3.8) is 0 Å². The van der Waals surface area contributed by atoms with E-state index in [4.69, 9.17) is 0 Å². The molecule has 1 aliphatic heterocycles. The van der Waals surface area contributed by atoms with E-state index in [1.165, 1.54) is 33.8 Å². The zero-order valence-electron chi connectivity index (χ0n) is 15.9. The molecule has 0 fully saturated rings. The maximum atomic E-state index is 2.46. The van der Waals surface area contributed by atoms with Gasteiger partial charge in [0.25, 0.3) is 0 Å². The average Bonchev–Trinajstić information content (AvgIpc) is 2.67. The third kappa shape index (κ3) is 3.28. The highest BCUT2D eigenvalue weighted by Crippen LogP contribution is 2.42. The molecule has 2 aromatic rings. The molecule has 2 aromatic carbocycles. The molecule has 0 radical (unpaired) electrons. The molecule has 130 valence electrons. The SMILES string of the molecule is CC/C=C1\c2c(cccc2C(C)CC)C=C(CC)N1c1ccccc1. The molecule has 0 aliphatic carbocycles. The number of hydrogen-bond acceptors (Lipinski definition) is 1. The summed E-state index contributed by atoms with van der Waals surface area (Å²) in [5, 5.41) is 0. The summed E-state index contributed by atoms with van der Waals surface area (Å²) in [5.74, 6) is 0.560. The quantitative estimate of drug-likeness (QED) is 0.559. The fourth-order valence-corrected chi connectivity index (χ4v) is 3.67. The summed E-state index contributed by atoms with van der Waals surface area (Å²) >= 11 is 0. The lowest BCUT2D eigenvalue weighted by Gasteiger charge is -2.36. The first-order valence-corrected chi connectivity index (χ1v) is 9.60. The van der Waals surface area contributed by atoms with Gasteiger partial charge in [-0.05, 0) is 54.5 Å². The molecule has 25 heavy (non-hydrogen) atoms. The minimum Gasteiger partial charge on any atom is -0.314 e. The van der Waals surface area contributed by atoms with E-state index in [9.17, 15) is 0 Å². The van der Waals surface area contributed by atoms with Crippen molar-refractivity contribution < 1.29 is 0 Å². The first kappa shape index (κ1) is 17.5. The fraction of sp³-hybridized carbons (Fsp3) is 0.333. The summed E-state index contributed by atoms with van der Waals surface area (Å²) in [6.45, 7) is 9.09. The van der Waals surface area contributed by atoms with Crippen LogP contribution in [0.2, 0.25) is 0 Å². The van der Waals surface area contributed by atoms with Gasteiger partial charge in [0.1, 0.15) is 0 Å². The molecule has 0 spiro atoms. The molecule has 3 rings (SSSR count). The molecule has 0 bridgehead atoms. The van der Waals surface area contributed by atoms with E-state index in [1.807, 2.05) is 0 Å². The zero-order chi connectivity index (χ0) is 17.8. The van der Waals surface area contributed by atoms with Gasteiger partial charge in [-0.15, -0.1) is 0 Å². The van der Waals surface area contributed by atoms with Crippen LogP contribution in [0, 0.1) is 0 Å². The molecular weight excluding hydrogens is 302 g/mol. The minimum absolute atomic E-state index is 0.560. The molecule has 1 heteroatoms. The largest absolute Gasteiger partial charge is 0.314 e. The van der Waals surface area contributed by atoms with Crippen molar-refractivity contribution in [2.75, 3.05) is 4.90 Å². The highest BCUT2D eigenvalue weighted by molar-refractivity contribution is 5.93. The Labute approximate surface area is 152 Å². The lowest BCUT2D eigenvalue weighted by atomic mass is 9.85. The summed E-state index contributed by atoms with van der Waals surface area (Å²) in [6, 6.07) is 17.6. The lowest BCUT2D eigenvalue weighted by molar-refractivity contribution is 0.730. The van der Waals surface area contributed by atoms with E-state index in [-0.39, 0.29) is 0 Å². The molecule has 1 heterocycles. The number of benzene rings is 2. The van der Waals surface area contributed by atoms with E-state index in [2.05, 4.69) is 93.3 Å². The third-order valence-corrected chi connectivity index (χ3v) is 5.15. The molecule has 0 saturated carbocycles. The smallest absolute Gasteiger partial charge is 0.0499 e. The number of allylic oxidation sites excluding steroid dienone is 2. The van der Waals surface area contributed by atoms with Gasteiger partial charge in [-0.3, -0.25) is 0 Å². The third-order valence-electron chi connectivity index (χ3n) is 5.15. The van der Waals surface area contributed by atoms with Crippen molar-refractivity contribution in [3.8, 4) is 0 Å². The Bertz CT molecular complexity index is 783. The monoisotopic (exact) mass is 331 g/mol. The van der Waals surface area contributed by atoms with Crippen LogP contribution >= 0.6 is 0 Å². The Morgan fingerprint density at radius 1 is 0.960 bits per heavy atom. The number of anilines is 1. The van der Waals surface area contributed by atoms with Crippen LogP contribution < -0.4 is 4.90 Å². The van der Waals surface area contributed by atoms with Gasteiger partial charge in [0, 0.05) is 22.6 Å². The van der Waals surface area contributed by atoms with E-state index < -0.39 is 0 Å². The van der Waals surface area contributed by atoms with Gasteiger partial charge in [0.05, 0.1) is 0 Å². The van der Waals surface area contributed by atoms with E-state index in [0.29, 0.717) is 5.92 Å². The molecule has 0 saturated heterocycles. The van der Waals surface area contributed by atoms with Crippen molar-refractivity contribution in [2.45, 2.75) is 52.9 Å². The van der Waals surface area contributed by atoms with Crippen LogP contribution in [0.1, 0.15) is 69.6 Å². The van der Waals surface area contributed by atoms with Crippen LogP contribution in [0.25, 0.3) is 11.8 Å². The highest BCUT2D eigenvalue weighted by atomic mass is 15.2. The first-order chi connectivity index (χ1) is 12.2. The summed E-state index contributed by atoms with van der Waals surface area (Å²) < 4.78 is 0. The van der Waals surface area contributed by atoms with Crippen LogP contribution in [0.4, 0.5) is 5.69 Å². The Balaban J connectivity index is 2.26. The molecule has 1 nitrogen and oxygen atoms in total. The second-order valence-corrected chi connectivity index (χ2v) is 6.78. The Kier molecular flexibility index (Phi) is 5.43. The standard InChI is InChI=1S/C24H29N/c1-5-12-23-24-19(13-11-16-22(24)18(4)6-2)17-20(7-3)25(23)21-14-9-8-10-15-21/h8-18H,5-7H2,1-4H3/b23-12+. The number of fused-ring (bicyclic) bond motifs is 1. The Morgan fingerprint density at radius 3 is 2.36 bits per heavy atom. The van der Waals surface area contributed by atoms with E-state index in [0.717, 1.165) is 19.3 Å². The van der Waals surface area contributed by atoms with Gasteiger partial charge in [0.15, 0.2) is 0 Å². The fourth-order valence-electron chi connectivity index (χ4n) is 3.67. The predicted octanol–water partition coefficient (Wildman–Crippen LogP) is 7.22. The summed E-state index contributed by atoms with van der Waals surface area (Å²) in [7, 11) is 0. The molecular formula is C24H29N. The molecule has 0 amide bonds. The maximum Gasteiger partial charge on any atom is 0.0499 e. The predicted molar refractivity (Wildman–Crippen MR) is 111 cm³/mol. The number of nitrogens with zero attached hydrogens (tertiary/aromatic N) is 1. The van der Waals surface area contributed by atoms with Crippen molar-refractivity contribution in [1.29, 1.82) is 0 Å². The lowest BCUT2D eigenvalue weighted by Crippen LogP contribution is -2.25. The number of rotatable bonds is 5. The number of para-hydroxylation sites is 1. The average molecular weight is 332 g/mol. The van der Waals surface area contributed by atoms with Gasteiger partial charge >= 0.3 is 0 Å². The van der Waals surface area contributed by atoms with Gasteiger partial charge in [-0.1, -0.05) is 70.2 Å². The summed E-state index contributed by atoms with van der Waals surface area (Å²) in [6.07, 6.45) is 7.97. The maximum absolute atomic E-state index is 2.46. The normalized spacial score (nSPS) is 16.6. The second-order valence-electron chi connectivity index (χ2n) is 6.78. The van der Waals surface area contributed by atoms with Crippen molar-refractivity contribution in [3.05, 3.63) is 77.0 Å². The van der Waals surface area contributed by atoms with Gasteiger partial charge in [-0.2, -0.15) is 0 Å². The van der Waals surface area contributed by atoms with E-state index in [1.54, 1.807) is 0 Å². The highest BCUT2D eigenvalue weighted by Gasteiger charge is 2.26. The Morgan fingerprint density at radius 2 is 1.72 bits per heavy atom. The van der Waals surface area contributed by atoms with Gasteiger partial charge in [0.2, 0.25) is 0 Å². The van der Waals surface area contributed by atoms with Gasteiger partial charge < -0.3 is 4.90 Å². The van der Waals surface area contributed by atoms with E-state index >= 15 is 0 Å². The van der Waals surface area contributed by atoms with Crippen LogP contribution in [-0.4, -0.2) is 0 Å². The molecule has 1 unspecified atom stereocenters. The number of hydrogen-bond donors (Lipinski definition) is 0. The topological polar surface area (TPSA) is 3.24 Å². The van der Waals surface area contributed by atoms with Crippen LogP contribution in [-0.2, 0) is 0 Å². The van der Waals surface area contributed by atoms with Gasteiger partial charge in [-0.25, -0.2) is 0 Å². The summed E-state index contributed by atoms with van der Waals surface area (Å²) in [4.78, 5) is 2.46. The first-order valence-electron chi connectivity index (χ1n) is 9.60. The minimum atomic E-state index is 0.560. The molecule has 1 atom stereocenters. The van der Waals surface area contributed by atoms with Crippen molar-refractivity contribution in [1.82, 2.24) is 0 Å². The summed E-state index contributed by atoms with van der Waals surface area (Å²) in [5.41, 5.74) is 8.20. The molecule has 0 aromatic heterocycles. The molecule has 1 aliphatic rings. The van der Waals surface area contributed by atoms with Crippen LogP contribution in [0.15, 0.2) is 60.3 Å². The Hall–Kier alpha value is -2.28. The van der Waals surface area contributed by atoms with Crippen molar-refractivity contribution in [2.24, 2.45) is 0 Å². The van der Waals surface area contributed by atoms with Crippen molar-refractivity contribution >= 4 is 17.5 Å². The molecule has 0 N–H and O–H groups in total. The van der Waals surface area contributed by atoms with Crippen LogP contribution in [0.5, 0.6) is 0 Å².